The second-order valence-corrected chi connectivity index (χ2v) is 7.33. The van der Waals surface area contributed by atoms with Crippen molar-refractivity contribution in [1.82, 2.24) is 4.90 Å². The number of carbonyl (C=O) groups is 2. The van der Waals surface area contributed by atoms with E-state index in [9.17, 15) is 9.59 Å². The number of aryl methyl sites for hydroxylation is 1. The normalized spacial score (nSPS) is 19.5. The van der Waals surface area contributed by atoms with Gasteiger partial charge in [-0.2, -0.15) is 0 Å². The Balaban J connectivity index is 1.87. The molecule has 5 nitrogen and oxygen atoms in total. The first kappa shape index (κ1) is 15.2. The number of furan rings is 1. The number of carbonyl (C=O) groups excluding carboxylic acids is 2. The molecular weight excluding hydrogens is 306 g/mol. The molecule has 2 aromatic rings. The smallest absolute Gasteiger partial charge is 0.289 e. The number of ketones is 1. The topological polar surface area (TPSA) is 59.8 Å². The number of Topliss-reactive ketones (excluding diaryl/α,β-unsaturated/α-hetero) is 1. The minimum atomic E-state index is -0.510. The van der Waals surface area contributed by atoms with E-state index in [0.717, 1.165) is 36.9 Å². The van der Waals surface area contributed by atoms with Crippen molar-refractivity contribution in [1.29, 1.82) is 0 Å². The van der Waals surface area contributed by atoms with Crippen molar-refractivity contribution >= 4 is 22.7 Å². The highest BCUT2D eigenvalue weighted by atomic mass is 16.5. The van der Waals surface area contributed by atoms with Gasteiger partial charge in [-0.25, -0.2) is 0 Å². The first-order valence-electron chi connectivity index (χ1n) is 8.45. The monoisotopic (exact) mass is 327 g/mol. The third-order valence-corrected chi connectivity index (χ3v) is 4.90. The van der Waals surface area contributed by atoms with Crippen molar-refractivity contribution in [3.8, 4) is 5.75 Å². The predicted octanol–water partition coefficient (Wildman–Crippen LogP) is 3.72. The second kappa shape index (κ2) is 5.10. The Bertz CT molecular complexity index is 856. The Morgan fingerprint density at radius 2 is 1.92 bits per heavy atom. The Morgan fingerprint density at radius 3 is 2.62 bits per heavy atom. The molecule has 0 aliphatic carbocycles. The zero-order valence-electron chi connectivity index (χ0n) is 14.3. The van der Waals surface area contributed by atoms with Gasteiger partial charge >= 0.3 is 0 Å². The van der Waals surface area contributed by atoms with E-state index in [1.807, 2.05) is 25.7 Å². The van der Waals surface area contributed by atoms with Crippen molar-refractivity contribution < 1.29 is 18.7 Å². The Morgan fingerprint density at radius 1 is 1.21 bits per heavy atom. The second-order valence-electron chi connectivity index (χ2n) is 7.33. The maximum absolute atomic E-state index is 12.7. The number of nitrogens with zero attached hydrogens (tertiary/aromatic N) is 1. The standard InChI is InChI=1S/C19H21NO4/c1-11-15-13(23-17(11)18(22)20-8-4-5-9-20)6-7-14-16(15)12(21)10-19(2,3)24-14/h6-7H,4-5,8-10H2,1-3H3. The highest BCUT2D eigenvalue weighted by Gasteiger charge is 2.36. The maximum Gasteiger partial charge on any atom is 0.289 e. The molecule has 4 rings (SSSR count). The largest absolute Gasteiger partial charge is 0.487 e. The fourth-order valence-electron chi connectivity index (χ4n) is 3.76. The zero-order valence-corrected chi connectivity index (χ0v) is 14.3. The fourth-order valence-corrected chi connectivity index (χ4v) is 3.76. The summed E-state index contributed by atoms with van der Waals surface area (Å²) in [6.45, 7) is 7.20. The quantitative estimate of drug-likeness (QED) is 0.801. The summed E-state index contributed by atoms with van der Waals surface area (Å²) in [4.78, 5) is 27.2. The van der Waals surface area contributed by atoms with Crippen LogP contribution in [0.15, 0.2) is 16.5 Å². The number of amides is 1. The van der Waals surface area contributed by atoms with Gasteiger partial charge in [-0.1, -0.05) is 0 Å². The zero-order chi connectivity index (χ0) is 17.1. The van der Waals surface area contributed by atoms with E-state index in [2.05, 4.69) is 0 Å². The summed E-state index contributed by atoms with van der Waals surface area (Å²) in [5.41, 5.74) is 1.35. The number of rotatable bonds is 1. The molecule has 5 heteroatoms. The van der Waals surface area contributed by atoms with Crippen LogP contribution < -0.4 is 4.74 Å². The van der Waals surface area contributed by atoms with Gasteiger partial charge in [0.1, 0.15) is 16.9 Å². The first-order chi connectivity index (χ1) is 11.4. The molecule has 24 heavy (non-hydrogen) atoms. The van der Waals surface area contributed by atoms with Crippen LogP contribution in [-0.2, 0) is 0 Å². The number of benzene rings is 1. The molecule has 0 N–H and O–H groups in total. The lowest BCUT2D eigenvalue weighted by Crippen LogP contribution is -2.36. The van der Waals surface area contributed by atoms with E-state index in [-0.39, 0.29) is 11.7 Å². The minimum Gasteiger partial charge on any atom is -0.487 e. The number of fused-ring (bicyclic) bond motifs is 3. The van der Waals surface area contributed by atoms with Gasteiger partial charge in [-0.3, -0.25) is 9.59 Å². The highest BCUT2D eigenvalue weighted by molar-refractivity contribution is 6.13. The number of ether oxygens (including phenoxy) is 1. The molecule has 0 bridgehead atoms. The Hall–Kier alpha value is -2.30. The summed E-state index contributed by atoms with van der Waals surface area (Å²) < 4.78 is 11.8. The van der Waals surface area contributed by atoms with Crippen LogP contribution in [0.5, 0.6) is 5.75 Å². The Labute approximate surface area is 140 Å². The lowest BCUT2D eigenvalue weighted by atomic mass is 9.90. The number of likely N-dealkylation sites (tertiary alicyclic amines) is 1. The van der Waals surface area contributed by atoms with E-state index in [1.165, 1.54) is 0 Å². The van der Waals surface area contributed by atoms with E-state index in [1.54, 1.807) is 12.1 Å². The molecule has 0 unspecified atom stereocenters. The molecule has 3 heterocycles. The minimum absolute atomic E-state index is 0.0379. The molecule has 1 aromatic heterocycles. The van der Waals surface area contributed by atoms with Gasteiger partial charge < -0.3 is 14.1 Å². The summed E-state index contributed by atoms with van der Waals surface area (Å²) in [5, 5.41) is 0.718. The first-order valence-corrected chi connectivity index (χ1v) is 8.45. The van der Waals surface area contributed by atoms with Crippen LogP contribution in [0.4, 0.5) is 0 Å². The van der Waals surface area contributed by atoms with Crippen LogP contribution in [0.2, 0.25) is 0 Å². The SMILES string of the molecule is Cc1c(C(=O)N2CCCC2)oc2ccc3c(c12)C(=O)CC(C)(C)O3. The molecule has 1 amide bonds. The molecule has 126 valence electrons. The summed E-state index contributed by atoms with van der Waals surface area (Å²) in [7, 11) is 0. The molecule has 2 aliphatic heterocycles. The molecule has 0 spiro atoms. The van der Waals surface area contributed by atoms with Gasteiger partial charge in [-0.05, 0) is 45.7 Å². The van der Waals surface area contributed by atoms with Crippen molar-refractivity contribution in [2.45, 2.75) is 45.6 Å². The van der Waals surface area contributed by atoms with E-state index >= 15 is 0 Å². The molecule has 0 atom stereocenters. The van der Waals surface area contributed by atoms with Crippen molar-refractivity contribution in [2.24, 2.45) is 0 Å². The lowest BCUT2D eigenvalue weighted by molar-refractivity contribution is 0.0623. The van der Waals surface area contributed by atoms with E-state index < -0.39 is 5.60 Å². The third kappa shape index (κ3) is 2.22. The molecule has 1 fully saturated rings. The molecular formula is C19H21NO4. The van der Waals surface area contributed by atoms with Crippen LogP contribution in [0.25, 0.3) is 11.0 Å². The number of hydrogen-bond donors (Lipinski definition) is 0. The summed E-state index contributed by atoms with van der Waals surface area (Å²) in [6, 6.07) is 3.56. The molecule has 1 saturated heterocycles. The van der Waals surface area contributed by atoms with E-state index in [4.69, 9.17) is 9.15 Å². The molecule has 1 aromatic carbocycles. The third-order valence-electron chi connectivity index (χ3n) is 4.90. The van der Waals surface area contributed by atoms with Gasteiger partial charge in [0.25, 0.3) is 5.91 Å². The molecule has 2 aliphatic rings. The van der Waals surface area contributed by atoms with Crippen LogP contribution in [0, 0.1) is 6.92 Å². The number of hydrogen-bond acceptors (Lipinski definition) is 4. The van der Waals surface area contributed by atoms with Gasteiger partial charge in [0.2, 0.25) is 0 Å². The summed E-state index contributed by atoms with van der Waals surface area (Å²) in [5.74, 6) is 0.876. The maximum atomic E-state index is 12.7. The summed E-state index contributed by atoms with van der Waals surface area (Å²) in [6.07, 6.45) is 2.38. The highest BCUT2D eigenvalue weighted by Crippen LogP contribution is 2.40. The average Bonchev–Trinajstić information content (AvgIpc) is 3.14. The molecule has 0 radical (unpaired) electrons. The average molecular weight is 327 g/mol. The van der Waals surface area contributed by atoms with Crippen molar-refractivity contribution in [3.05, 3.63) is 29.0 Å². The van der Waals surface area contributed by atoms with Gasteiger partial charge in [0.15, 0.2) is 11.5 Å². The van der Waals surface area contributed by atoms with Crippen LogP contribution in [-0.4, -0.2) is 35.3 Å². The van der Waals surface area contributed by atoms with Crippen molar-refractivity contribution in [2.75, 3.05) is 13.1 Å². The molecule has 0 saturated carbocycles. The summed E-state index contributed by atoms with van der Waals surface area (Å²) >= 11 is 0. The fraction of sp³-hybridized carbons (Fsp3) is 0.474. The van der Waals surface area contributed by atoms with Crippen LogP contribution in [0.1, 0.15) is 59.6 Å². The Kier molecular flexibility index (Phi) is 3.24. The predicted molar refractivity (Wildman–Crippen MR) is 89.7 cm³/mol. The van der Waals surface area contributed by atoms with E-state index in [0.29, 0.717) is 29.1 Å². The van der Waals surface area contributed by atoms with Gasteiger partial charge in [-0.15, -0.1) is 0 Å². The van der Waals surface area contributed by atoms with Crippen molar-refractivity contribution in [3.63, 3.8) is 0 Å². The van der Waals surface area contributed by atoms with Gasteiger partial charge in [0.05, 0.1) is 12.0 Å². The van der Waals surface area contributed by atoms with Gasteiger partial charge in [0, 0.05) is 24.0 Å². The van der Waals surface area contributed by atoms with Crippen LogP contribution in [0.3, 0.4) is 0 Å². The lowest BCUT2D eigenvalue weighted by Gasteiger charge is -2.31. The van der Waals surface area contributed by atoms with Crippen LogP contribution >= 0.6 is 0 Å².